The largest absolute Gasteiger partial charge is 0.284 e. The molecule has 7 heteroatoms. The lowest BCUT2D eigenvalue weighted by Crippen LogP contribution is -2.29. The van der Waals surface area contributed by atoms with Gasteiger partial charge in [0.05, 0.1) is 21.6 Å². The number of rotatable bonds is 5. The molecule has 1 fully saturated rings. The molecule has 1 saturated carbocycles. The summed E-state index contributed by atoms with van der Waals surface area (Å²) in [6, 6.07) is 5.59. The van der Waals surface area contributed by atoms with Gasteiger partial charge in [-0.1, -0.05) is 49.5 Å². The average Bonchev–Trinajstić information content (AvgIpc) is 3.15. The Bertz CT molecular complexity index is 1010. The lowest BCUT2D eigenvalue weighted by molar-refractivity contribution is 0.326. The van der Waals surface area contributed by atoms with Crippen LogP contribution in [-0.4, -0.2) is 14.5 Å². The van der Waals surface area contributed by atoms with Crippen molar-refractivity contribution in [2.45, 2.75) is 62.4 Å². The highest BCUT2D eigenvalue weighted by atomic mass is 35.5. The second kappa shape index (κ2) is 8.33. The molecular formula is C20H22ClN3OS2. The number of nitrogens with zero attached hydrogens (tertiary/aromatic N) is 3. The summed E-state index contributed by atoms with van der Waals surface area (Å²) in [5, 5.41) is 5.29. The summed E-state index contributed by atoms with van der Waals surface area (Å²) in [6.07, 6.45) is 6.64. The monoisotopic (exact) mass is 419 g/mol. The van der Waals surface area contributed by atoms with Crippen LogP contribution in [-0.2, 0) is 12.2 Å². The van der Waals surface area contributed by atoms with E-state index >= 15 is 0 Å². The molecule has 2 heterocycles. The van der Waals surface area contributed by atoms with Crippen LogP contribution in [0, 0.1) is 0 Å². The van der Waals surface area contributed by atoms with E-state index in [-0.39, 0.29) is 11.6 Å². The van der Waals surface area contributed by atoms with Crippen molar-refractivity contribution in [3.05, 3.63) is 49.7 Å². The Kier molecular flexibility index (Phi) is 5.85. The van der Waals surface area contributed by atoms with Crippen molar-refractivity contribution in [2.75, 3.05) is 0 Å². The molecule has 0 atom stereocenters. The summed E-state index contributed by atoms with van der Waals surface area (Å²) in [6.45, 7) is 2.12. The molecule has 0 amide bonds. The Balaban J connectivity index is 1.74. The number of thioether (sulfide) groups is 1. The number of halogens is 1. The smallest absolute Gasteiger partial charge is 0.262 e. The lowest BCUT2D eigenvalue weighted by Gasteiger charge is -2.26. The van der Waals surface area contributed by atoms with Crippen molar-refractivity contribution in [3.63, 3.8) is 0 Å². The van der Waals surface area contributed by atoms with Crippen molar-refractivity contribution in [2.24, 2.45) is 0 Å². The lowest BCUT2D eigenvalue weighted by atomic mass is 9.95. The second-order valence-electron chi connectivity index (χ2n) is 6.90. The van der Waals surface area contributed by atoms with Crippen LogP contribution in [0.3, 0.4) is 0 Å². The second-order valence-corrected chi connectivity index (χ2v) is 9.22. The van der Waals surface area contributed by atoms with Crippen LogP contribution in [0.5, 0.6) is 0 Å². The molecule has 0 spiro atoms. The molecule has 1 aromatic carbocycles. The van der Waals surface area contributed by atoms with Gasteiger partial charge >= 0.3 is 0 Å². The molecule has 1 aliphatic carbocycles. The van der Waals surface area contributed by atoms with Gasteiger partial charge < -0.3 is 0 Å². The quantitative estimate of drug-likeness (QED) is 0.383. The normalized spacial score (nSPS) is 15.5. The first kappa shape index (κ1) is 19.0. The first-order valence-electron chi connectivity index (χ1n) is 9.43. The molecule has 2 aromatic heterocycles. The van der Waals surface area contributed by atoms with E-state index in [1.54, 1.807) is 41.3 Å². The fourth-order valence-corrected chi connectivity index (χ4v) is 5.61. The summed E-state index contributed by atoms with van der Waals surface area (Å²) in [7, 11) is 0. The zero-order valence-corrected chi connectivity index (χ0v) is 17.7. The third-order valence-corrected chi connectivity index (χ3v) is 7.29. The van der Waals surface area contributed by atoms with Crippen molar-refractivity contribution in [1.29, 1.82) is 0 Å². The first-order valence-corrected chi connectivity index (χ1v) is 11.7. The van der Waals surface area contributed by atoms with Crippen molar-refractivity contribution in [3.8, 4) is 0 Å². The van der Waals surface area contributed by atoms with Crippen LogP contribution in [0.15, 0.2) is 33.5 Å². The third-order valence-electron chi connectivity index (χ3n) is 5.02. The Hall–Kier alpha value is -1.37. The highest BCUT2D eigenvalue weighted by Gasteiger charge is 2.22. The first-order chi connectivity index (χ1) is 13.2. The molecular weight excluding hydrogens is 398 g/mol. The molecule has 4 rings (SSSR count). The molecule has 0 radical (unpaired) electrons. The van der Waals surface area contributed by atoms with E-state index in [1.807, 2.05) is 4.57 Å². The molecule has 27 heavy (non-hydrogen) atoms. The van der Waals surface area contributed by atoms with E-state index in [0.29, 0.717) is 15.9 Å². The maximum atomic E-state index is 13.3. The summed E-state index contributed by atoms with van der Waals surface area (Å²) in [4.78, 5) is 22.8. The third kappa shape index (κ3) is 4.08. The van der Waals surface area contributed by atoms with Crippen LogP contribution in [0.4, 0.5) is 0 Å². The molecule has 142 valence electrons. The van der Waals surface area contributed by atoms with Gasteiger partial charge in [0.1, 0.15) is 0 Å². The van der Waals surface area contributed by atoms with E-state index in [1.165, 1.54) is 19.3 Å². The van der Waals surface area contributed by atoms with Crippen LogP contribution < -0.4 is 5.56 Å². The Morgan fingerprint density at radius 3 is 2.81 bits per heavy atom. The van der Waals surface area contributed by atoms with Gasteiger partial charge in [0.2, 0.25) is 0 Å². The summed E-state index contributed by atoms with van der Waals surface area (Å²) >= 11 is 9.44. The van der Waals surface area contributed by atoms with Crippen molar-refractivity contribution >= 4 is 45.6 Å². The maximum Gasteiger partial charge on any atom is 0.262 e. The number of fused-ring (bicyclic) bond motifs is 1. The van der Waals surface area contributed by atoms with E-state index in [0.717, 1.165) is 40.9 Å². The summed E-state index contributed by atoms with van der Waals surface area (Å²) < 4.78 is 1.94. The molecule has 0 bridgehead atoms. The Morgan fingerprint density at radius 2 is 2.07 bits per heavy atom. The molecule has 0 N–H and O–H groups in total. The van der Waals surface area contributed by atoms with E-state index in [2.05, 4.69) is 17.3 Å². The van der Waals surface area contributed by atoms with Gasteiger partial charge in [-0.25, -0.2) is 9.97 Å². The van der Waals surface area contributed by atoms with Gasteiger partial charge in [0.25, 0.3) is 5.56 Å². The standard InChI is InChI=1S/C20H22ClN3OS2/c1-2-18-22-14(11-26-18)12-27-20-23-17-10-13(21)8-9-16(17)19(25)24(20)15-6-4-3-5-7-15/h8-11,15H,2-7,12H2,1H3. The summed E-state index contributed by atoms with van der Waals surface area (Å²) in [5.41, 5.74) is 1.78. The highest BCUT2D eigenvalue weighted by molar-refractivity contribution is 7.98. The van der Waals surface area contributed by atoms with Crippen LogP contribution in [0.25, 0.3) is 10.9 Å². The summed E-state index contributed by atoms with van der Waals surface area (Å²) in [5.74, 6) is 0.724. The minimum absolute atomic E-state index is 0.0543. The number of aryl methyl sites for hydroxylation is 1. The van der Waals surface area contributed by atoms with Crippen molar-refractivity contribution in [1.82, 2.24) is 14.5 Å². The maximum absolute atomic E-state index is 13.3. The molecule has 0 unspecified atom stereocenters. The van der Waals surface area contributed by atoms with Crippen molar-refractivity contribution < 1.29 is 0 Å². The SMILES string of the molecule is CCc1nc(CSc2nc3cc(Cl)ccc3c(=O)n2C2CCCCC2)cs1. The fourth-order valence-electron chi connectivity index (χ4n) is 3.63. The minimum atomic E-state index is 0.0543. The molecule has 4 nitrogen and oxygen atoms in total. The topological polar surface area (TPSA) is 47.8 Å². The number of hydrogen-bond acceptors (Lipinski definition) is 5. The fraction of sp³-hybridized carbons (Fsp3) is 0.450. The Morgan fingerprint density at radius 1 is 1.26 bits per heavy atom. The number of aromatic nitrogens is 3. The molecule has 0 saturated heterocycles. The zero-order chi connectivity index (χ0) is 18.8. The van der Waals surface area contributed by atoms with E-state index in [9.17, 15) is 4.79 Å². The average molecular weight is 420 g/mol. The van der Waals surface area contributed by atoms with Gasteiger partial charge in [-0.05, 0) is 37.5 Å². The van der Waals surface area contributed by atoms with Gasteiger partial charge in [-0.15, -0.1) is 11.3 Å². The van der Waals surface area contributed by atoms with Crippen LogP contribution in [0.1, 0.15) is 55.8 Å². The number of hydrogen-bond donors (Lipinski definition) is 0. The zero-order valence-electron chi connectivity index (χ0n) is 15.3. The van der Waals surface area contributed by atoms with Gasteiger partial charge in [-0.3, -0.25) is 9.36 Å². The Labute approximate surface area is 172 Å². The van der Waals surface area contributed by atoms with E-state index < -0.39 is 0 Å². The molecule has 3 aromatic rings. The molecule has 1 aliphatic rings. The highest BCUT2D eigenvalue weighted by Crippen LogP contribution is 2.32. The predicted octanol–water partition coefficient (Wildman–Crippen LogP) is 5.87. The number of benzene rings is 1. The van der Waals surface area contributed by atoms with Gasteiger partial charge in [-0.2, -0.15) is 0 Å². The van der Waals surface area contributed by atoms with Gasteiger partial charge in [0, 0.05) is 22.2 Å². The van der Waals surface area contributed by atoms with Crippen LogP contribution >= 0.6 is 34.7 Å². The number of thiazole rings is 1. The molecule has 0 aliphatic heterocycles. The van der Waals surface area contributed by atoms with Gasteiger partial charge in [0.15, 0.2) is 5.16 Å². The van der Waals surface area contributed by atoms with E-state index in [4.69, 9.17) is 16.6 Å². The minimum Gasteiger partial charge on any atom is -0.284 e. The van der Waals surface area contributed by atoms with Crippen LogP contribution in [0.2, 0.25) is 5.02 Å². The predicted molar refractivity (Wildman–Crippen MR) is 114 cm³/mol.